The van der Waals surface area contributed by atoms with E-state index in [0.717, 1.165) is 61.3 Å². The maximum Gasteiger partial charge on any atom is 0.253 e. The Labute approximate surface area is 482 Å². The highest BCUT2D eigenvalue weighted by Gasteiger charge is 2.25. The topological polar surface area (TPSA) is 140 Å². The minimum Gasteiger partial charge on any atom is -0.355 e. The fourth-order valence-electron chi connectivity index (χ4n) is 8.04. The number of piperazine rings is 1. The largest absolute Gasteiger partial charge is 0.355 e. The molecule has 2 fully saturated rings. The summed E-state index contributed by atoms with van der Waals surface area (Å²) in [5.41, 5.74) is 10.7. The summed E-state index contributed by atoms with van der Waals surface area (Å²) in [7, 11) is 3.74. The van der Waals surface area contributed by atoms with Gasteiger partial charge in [-0.25, -0.2) is 0 Å². The maximum absolute atomic E-state index is 12.4. The van der Waals surface area contributed by atoms with Crippen molar-refractivity contribution in [1.29, 1.82) is 0 Å². The van der Waals surface area contributed by atoms with Crippen molar-refractivity contribution in [2.45, 2.75) is 177 Å². The van der Waals surface area contributed by atoms with Gasteiger partial charge in [0.25, 0.3) is 29.5 Å². The van der Waals surface area contributed by atoms with Gasteiger partial charge in [-0.05, 0) is 156 Å². The van der Waals surface area contributed by atoms with Crippen molar-refractivity contribution in [2.24, 2.45) is 0 Å². The summed E-state index contributed by atoms with van der Waals surface area (Å²) in [4.78, 5) is 62.8. The third kappa shape index (κ3) is 23.2. The monoisotopic (exact) mass is 1090 g/mol. The van der Waals surface area contributed by atoms with E-state index in [-0.39, 0.29) is 62.7 Å². The number of likely N-dealkylation sites (N-methyl/N-ethyl adjacent to an activating group) is 1. The molecule has 11 heteroatoms. The van der Waals surface area contributed by atoms with Crippen LogP contribution in [0.1, 0.15) is 217 Å². The predicted molar refractivity (Wildman–Crippen MR) is 334 cm³/mol. The molecule has 1 saturated carbocycles. The molecule has 1 heterocycles. The third-order valence-electron chi connectivity index (χ3n) is 13.7. The van der Waals surface area contributed by atoms with Crippen molar-refractivity contribution in [1.82, 2.24) is 31.1 Å². The summed E-state index contributed by atoms with van der Waals surface area (Å²) < 4.78 is 0. The number of rotatable bonds is 8. The summed E-state index contributed by atoms with van der Waals surface area (Å²) in [6.07, 6.45) is 2.26. The highest BCUT2D eigenvalue weighted by Crippen LogP contribution is 2.27. The smallest absolute Gasteiger partial charge is 0.253 e. The molecule has 5 aromatic rings. The zero-order chi connectivity index (χ0) is 60.4. The lowest BCUT2D eigenvalue weighted by atomic mass is 9.86. The predicted octanol–water partition coefficient (Wildman–Crippen LogP) is 13.4. The molecule has 1 saturated heterocycles. The quantitative estimate of drug-likeness (QED) is 0.122. The number of benzene rings is 5. The van der Waals surface area contributed by atoms with Crippen molar-refractivity contribution in [3.8, 4) is 0 Å². The van der Waals surface area contributed by atoms with Crippen LogP contribution in [0, 0.1) is 0 Å². The van der Waals surface area contributed by atoms with Crippen LogP contribution in [0.2, 0.25) is 0 Å². The number of carbonyl (C=O) groups excluding carboxylic acids is 5. The van der Waals surface area contributed by atoms with Gasteiger partial charge >= 0.3 is 0 Å². The Morgan fingerprint density at radius 1 is 0.438 bits per heavy atom. The van der Waals surface area contributed by atoms with Crippen LogP contribution in [0.3, 0.4) is 0 Å². The Hall–Kier alpha value is -6.59. The second-order valence-electron chi connectivity index (χ2n) is 26.5. The molecule has 0 unspecified atom stereocenters. The molecular weight excluding hydrogens is 993 g/mol. The molecule has 0 spiro atoms. The van der Waals surface area contributed by atoms with E-state index in [1.807, 2.05) is 135 Å². The van der Waals surface area contributed by atoms with Gasteiger partial charge in [-0.2, -0.15) is 0 Å². The number of hydrogen-bond acceptors (Lipinski definition) is 6. The first-order chi connectivity index (χ1) is 37.0. The van der Waals surface area contributed by atoms with Crippen molar-refractivity contribution in [2.75, 3.05) is 46.8 Å². The standard InChI is InChI=1S/C16H24N2O.C14H19NO.C14H21NO.C13H19NO.C12H17NO/c1-16(2,3)14-7-5-13(6-8-14)15(19)18-11-9-17(4)10-12-18;1-14(2,3)11-6-4-10(5-7-11)13(16)15-12-8-9-12;1-10(2)15-13(16)11-6-8-12(9-7-11)14(3,4)5;1-5-14-12(15)10-6-8-11(9-7-10)13(2,3)4;1-12(2,3)10-7-5-9(6-8-10)11(14)13-4/h5-8H,9-12H2,1-4H3;4-7,12H,8-9H2,1-3H3,(H,15,16);6-10H,1-5H3,(H,15,16);6-9H,5H2,1-4H3,(H,14,15);5-8H,1-4H3,(H,13,14). The number of nitrogens with zero attached hydrogens (tertiary/aromatic N) is 2. The fourth-order valence-corrected chi connectivity index (χ4v) is 8.04. The van der Waals surface area contributed by atoms with Gasteiger partial charge in [0.1, 0.15) is 0 Å². The maximum atomic E-state index is 12.4. The molecule has 1 aliphatic carbocycles. The van der Waals surface area contributed by atoms with Gasteiger partial charge in [0.15, 0.2) is 0 Å². The second kappa shape index (κ2) is 29.7. The second-order valence-corrected chi connectivity index (χ2v) is 26.5. The molecule has 4 N–H and O–H groups in total. The van der Waals surface area contributed by atoms with Crippen molar-refractivity contribution >= 4 is 29.5 Å². The summed E-state index contributed by atoms with van der Waals surface area (Å²) in [6.45, 7) is 42.6. The Morgan fingerprint density at radius 2 is 0.725 bits per heavy atom. The Kier molecular flexibility index (Phi) is 25.2. The lowest BCUT2D eigenvalue weighted by molar-refractivity contribution is 0.0663. The van der Waals surface area contributed by atoms with Crippen LogP contribution in [-0.4, -0.2) is 98.2 Å². The molecular formula is C69H100N6O5. The van der Waals surface area contributed by atoms with E-state index in [2.05, 4.69) is 149 Å². The molecule has 2 aliphatic rings. The molecule has 0 aromatic heterocycles. The van der Waals surface area contributed by atoms with E-state index < -0.39 is 0 Å². The average Bonchev–Trinajstić information content (AvgIpc) is 4.22. The van der Waals surface area contributed by atoms with Crippen LogP contribution < -0.4 is 21.3 Å². The zero-order valence-corrected chi connectivity index (χ0v) is 52.6. The molecule has 5 aromatic carbocycles. The summed E-state index contributed by atoms with van der Waals surface area (Å²) in [5.74, 6) is 0.176. The molecule has 0 atom stereocenters. The number of carbonyl (C=O) groups is 5. The number of hydrogen-bond donors (Lipinski definition) is 4. The molecule has 0 bridgehead atoms. The Bertz CT molecular complexity index is 2650. The van der Waals surface area contributed by atoms with Gasteiger partial charge in [-0.3, -0.25) is 24.0 Å². The molecule has 0 radical (unpaired) electrons. The van der Waals surface area contributed by atoms with Crippen LogP contribution in [-0.2, 0) is 27.1 Å². The summed E-state index contributed by atoms with van der Waals surface area (Å²) in [6, 6.07) is 39.9. The number of nitrogens with one attached hydrogen (secondary N) is 4. The molecule has 11 nitrogen and oxygen atoms in total. The van der Waals surface area contributed by atoms with Gasteiger partial charge in [0.05, 0.1) is 0 Å². The van der Waals surface area contributed by atoms with E-state index in [4.69, 9.17) is 0 Å². The van der Waals surface area contributed by atoms with Crippen LogP contribution in [0.4, 0.5) is 0 Å². The van der Waals surface area contributed by atoms with Crippen molar-refractivity contribution in [3.05, 3.63) is 177 Å². The normalized spacial score (nSPS) is 13.7. The van der Waals surface area contributed by atoms with E-state index in [1.165, 1.54) is 27.8 Å². The zero-order valence-electron chi connectivity index (χ0n) is 52.6. The van der Waals surface area contributed by atoms with Crippen molar-refractivity contribution in [3.63, 3.8) is 0 Å². The molecule has 1 aliphatic heterocycles. The highest BCUT2D eigenvalue weighted by atomic mass is 16.2. The van der Waals surface area contributed by atoms with E-state index in [1.54, 1.807) is 7.05 Å². The molecule has 7 rings (SSSR count). The van der Waals surface area contributed by atoms with Crippen LogP contribution in [0.15, 0.2) is 121 Å². The van der Waals surface area contributed by atoms with Gasteiger partial charge < -0.3 is 31.1 Å². The van der Waals surface area contributed by atoms with Crippen molar-refractivity contribution < 1.29 is 24.0 Å². The molecule has 80 heavy (non-hydrogen) atoms. The van der Waals surface area contributed by atoms with E-state index in [9.17, 15) is 24.0 Å². The third-order valence-corrected chi connectivity index (χ3v) is 13.7. The minimum atomic E-state index is -0.0366. The van der Waals surface area contributed by atoms with Crippen LogP contribution >= 0.6 is 0 Å². The fraction of sp³-hybridized carbons (Fsp3) is 0.493. The number of amides is 5. The van der Waals surface area contributed by atoms with Gasteiger partial charge in [-0.1, -0.05) is 165 Å². The van der Waals surface area contributed by atoms with Gasteiger partial charge in [0.2, 0.25) is 0 Å². The summed E-state index contributed by atoms with van der Waals surface area (Å²) in [5, 5.41) is 11.2. The van der Waals surface area contributed by atoms with E-state index in [0.29, 0.717) is 18.2 Å². The van der Waals surface area contributed by atoms with Gasteiger partial charge in [-0.15, -0.1) is 0 Å². The Morgan fingerprint density at radius 3 is 1.00 bits per heavy atom. The average molecular weight is 1090 g/mol. The summed E-state index contributed by atoms with van der Waals surface area (Å²) >= 11 is 0. The van der Waals surface area contributed by atoms with E-state index >= 15 is 0 Å². The first kappa shape index (κ1) is 67.7. The van der Waals surface area contributed by atoms with Crippen LogP contribution in [0.5, 0.6) is 0 Å². The first-order valence-corrected chi connectivity index (χ1v) is 28.7. The molecule has 5 amide bonds. The minimum absolute atomic E-state index is 0.00189. The SMILES string of the molecule is CC(C)(C)c1ccc(C(=O)NC2CC2)cc1.CC(C)NC(=O)c1ccc(C(C)(C)C)cc1.CCNC(=O)c1ccc(C(C)(C)C)cc1.CN1CCN(C(=O)c2ccc(C(C)(C)C)cc2)CC1.CNC(=O)c1ccc(C(C)(C)C)cc1. The lowest BCUT2D eigenvalue weighted by Gasteiger charge is -2.32. The Balaban J connectivity index is 0.000000264. The lowest BCUT2D eigenvalue weighted by Crippen LogP contribution is -2.47. The first-order valence-electron chi connectivity index (χ1n) is 28.7. The van der Waals surface area contributed by atoms with Gasteiger partial charge in [0, 0.05) is 79.7 Å². The highest BCUT2D eigenvalue weighted by molar-refractivity contribution is 5.96. The molecule has 436 valence electrons. The van der Waals surface area contributed by atoms with Crippen LogP contribution in [0.25, 0.3) is 0 Å².